The highest BCUT2D eigenvalue weighted by atomic mass is 79.9. The van der Waals surface area contributed by atoms with E-state index >= 15 is 0 Å². The van der Waals surface area contributed by atoms with Gasteiger partial charge in [-0.05, 0) is 59.8 Å². The summed E-state index contributed by atoms with van der Waals surface area (Å²) in [6.07, 6.45) is 3.44. The lowest BCUT2D eigenvalue weighted by Gasteiger charge is -2.32. The van der Waals surface area contributed by atoms with Gasteiger partial charge in [0.05, 0.1) is 4.47 Å². The van der Waals surface area contributed by atoms with Crippen molar-refractivity contribution >= 4 is 31.9 Å². The van der Waals surface area contributed by atoms with Crippen LogP contribution in [0.1, 0.15) is 24.8 Å². The van der Waals surface area contributed by atoms with Gasteiger partial charge in [0.15, 0.2) is 0 Å². The summed E-state index contributed by atoms with van der Waals surface area (Å²) in [7, 11) is 0. The molecule has 0 aromatic heterocycles. The van der Waals surface area contributed by atoms with Crippen LogP contribution >= 0.6 is 31.9 Å². The molecule has 1 aromatic carbocycles. The van der Waals surface area contributed by atoms with E-state index in [2.05, 4.69) is 36.8 Å². The van der Waals surface area contributed by atoms with Gasteiger partial charge >= 0.3 is 0 Å². The minimum Gasteiger partial charge on any atom is -0.299 e. The van der Waals surface area contributed by atoms with Crippen LogP contribution in [0, 0.1) is 17.6 Å². The van der Waals surface area contributed by atoms with Gasteiger partial charge in [-0.25, -0.2) is 8.78 Å². The van der Waals surface area contributed by atoms with Gasteiger partial charge < -0.3 is 0 Å². The molecule has 1 heterocycles. The van der Waals surface area contributed by atoms with Crippen LogP contribution in [0.25, 0.3) is 0 Å². The average Bonchev–Trinajstić information content (AvgIpc) is 2.40. The van der Waals surface area contributed by atoms with E-state index in [-0.39, 0.29) is 5.56 Å². The third kappa shape index (κ3) is 3.99. The monoisotopic (exact) mass is 395 g/mol. The smallest absolute Gasteiger partial charge is 0.144 e. The molecule has 0 amide bonds. The number of likely N-dealkylation sites (tertiary alicyclic amines) is 1. The summed E-state index contributed by atoms with van der Waals surface area (Å²) < 4.78 is 28.0. The third-order valence-electron chi connectivity index (χ3n) is 3.64. The largest absolute Gasteiger partial charge is 0.299 e. The summed E-state index contributed by atoms with van der Waals surface area (Å²) in [6, 6.07) is 2.74. The topological polar surface area (TPSA) is 3.24 Å². The van der Waals surface area contributed by atoms with E-state index < -0.39 is 11.6 Å². The Kier molecular flexibility index (Phi) is 5.78. The summed E-state index contributed by atoms with van der Waals surface area (Å²) in [4.78, 5) is 2.16. The van der Waals surface area contributed by atoms with E-state index in [4.69, 9.17) is 0 Å². The lowest BCUT2D eigenvalue weighted by Crippen LogP contribution is -2.35. The Morgan fingerprint density at radius 2 is 2.11 bits per heavy atom. The van der Waals surface area contributed by atoms with Crippen molar-refractivity contribution in [3.05, 3.63) is 33.8 Å². The first-order chi connectivity index (χ1) is 9.11. The van der Waals surface area contributed by atoms with E-state index in [1.807, 2.05) is 0 Å². The van der Waals surface area contributed by atoms with E-state index in [0.717, 1.165) is 31.3 Å². The second-order valence-corrected chi connectivity index (χ2v) is 6.69. The fourth-order valence-corrected chi connectivity index (χ4v) is 3.64. The minimum atomic E-state index is -0.470. The predicted octanol–water partition coefficient (Wildman–Crippen LogP) is 4.72. The maximum Gasteiger partial charge on any atom is 0.144 e. The second-order valence-electron chi connectivity index (χ2n) is 5.04. The van der Waals surface area contributed by atoms with Gasteiger partial charge in [-0.15, -0.1) is 0 Å². The van der Waals surface area contributed by atoms with Gasteiger partial charge in [0, 0.05) is 24.0 Å². The molecule has 2 rings (SSSR count). The zero-order valence-corrected chi connectivity index (χ0v) is 13.8. The molecule has 5 heteroatoms. The standard InChI is InChI=1S/C14H17Br2F2N/c15-6-5-10-2-1-7-19(8-10)9-11-13(17)4-3-12(16)14(11)18/h3-4,10H,1-2,5-9H2. The van der Waals surface area contributed by atoms with Crippen molar-refractivity contribution in [2.24, 2.45) is 5.92 Å². The van der Waals surface area contributed by atoms with Crippen LogP contribution in [-0.2, 0) is 6.54 Å². The molecule has 1 nitrogen and oxygen atoms in total. The summed E-state index contributed by atoms with van der Waals surface area (Å²) >= 11 is 6.58. The lowest BCUT2D eigenvalue weighted by molar-refractivity contribution is 0.162. The van der Waals surface area contributed by atoms with Gasteiger partial charge in [-0.1, -0.05) is 15.9 Å². The van der Waals surface area contributed by atoms with E-state index in [0.29, 0.717) is 16.9 Å². The minimum absolute atomic E-state index is 0.175. The molecule has 1 saturated heterocycles. The molecule has 19 heavy (non-hydrogen) atoms. The molecule has 0 N–H and O–H groups in total. The van der Waals surface area contributed by atoms with Gasteiger partial charge in [-0.2, -0.15) is 0 Å². The molecule has 0 radical (unpaired) electrons. The Morgan fingerprint density at radius 3 is 2.84 bits per heavy atom. The highest BCUT2D eigenvalue weighted by Gasteiger charge is 2.22. The van der Waals surface area contributed by atoms with Gasteiger partial charge in [-0.3, -0.25) is 4.90 Å². The van der Waals surface area contributed by atoms with Crippen molar-refractivity contribution in [2.75, 3.05) is 18.4 Å². The SMILES string of the molecule is Fc1ccc(Br)c(F)c1CN1CCCC(CCBr)C1. The third-order valence-corrected chi connectivity index (χ3v) is 4.71. The Morgan fingerprint density at radius 1 is 1.32 bits per heavy atom. The molecule has 0 spiro atoms. The number of piperidine rings is 1. The van der Waals surface area contributed by atoms with Gasteiger partial charge in [0.2, 0.25) is 0 Å². The van der Waals surface area contributed by atoms with Crippen molar-refractivity contribution in [1.29, 1.82) is 0 Å². The molecule has 0 aliphatic carbocycles. The zero-order chi connectivity index (χ0) is 13.8. The highest BCUT2D eigenvalue weighted by Crippen LogP contribution is 2.26. The molecule has 1 aliphatic heterocycles. The fraction of sp³-hybridized carbons (Fsp3) is 0.571. The first-order valence-corrected chi connectivity index (χ1v) is 8.44. The summed E-state index contributed by atoms with van der Waals surface area (Å²) in [5.74, 6) is -0.294. The number of alkyl halides is 1. The lowest BCUT2D eigenvalue weighted by atomic mass is 9.95. The number of hydrogen-bond donors (Lipinski definition) is 0. The van der Waals surface area contributed by atoms with Crippen molar-refractivity contribution < 1.29 is 8.78 Å². The van der Waals surface area contributed by atoms with Gasteiger partial charge in [0.1, 0.15) is 11.6 Å². The molecule has 0 saturated carbocycles. The normalized spacial score (nSPS) is 20.7. The first-order valence-electron chi connectivity index (χ1n) is 6.52. The first kappa shape index (κ1) is 15.4. The summed E-state index contributed by atoms with van der Waals surface area (Å²) in [6.45, 7) is 2.21. The van der Waals surface area contributed by atoms with Crippen molar-refractivity contribution in [3.8, 4) is 0 Å². The van der Waals surface area contributed by atoms with Crippen LogP contribution in [0.5, 0.6) is 0 Å². The van der Waals surface area contributed by atoms with Crippen LogP contribution in [0.15, 0.2) is 16.6 Å². The Balaban J connectivity index is 2.06. The highest BCUT2D eigenvalue weighted by molar-refractivity contribution is 9.10. The Bertz CT molecular complexity index is 438. The maximum absolute atomic E-state index is 13.9. The van der Waals surface area contributed by atoms with Gasteiger partial charge in [0.25, 0.3) is 0 Å². The van der Waals surface area contributed by atoms with Crippen LogP contribution in [0.4, 0.5) is 8.78 Å². The molecular weight excluding hydrogens is 380 g/mol. The molecular formula is C14H17Br2F2N. The Labute approximate surface area is 129 Å². The molecule has 0 bridgehead atoms. The van der Waals surface area contributed by atoms with E-state index in [1.165, 1.54) is 18.6 Å². The molecule has 1 unspecified atom stereocenters. The van der Waals surface area contributed by atoms with Crippen LogP contribution in [0.3, 0.4) is 0 Å². The summed E-state index contributed by atoms with van der Waals surface area (Å²) in [5, 5.41) is 0.991. The average molecular weight is 397 g/mol. The van der Waals surface area contributed by atoms with Crippen molar-refractivity contribution in [3.63, 3.8) is 0 Å². The van der Waals surface area contributed by atoms with Crippen molar-refractivity contribution in [2.45, 2.75) is 25.8 Å². The number of halogens is 4. The molecule has 1 atom stereocenters. The molecule has 1 fully saturated rings. The second kappa shape index (κ2) is 7.14. The van der Waals surface area contributed by atoms with Crippen LogP contribution < -0.4 is 0 Å². The molecule has 106 valence electrons. The zero-order valence-electron chi connectivity index (χ0n) is 10.6. The van der Waals surface area contributed by atoms with Crippen molar-refractivity contribution in [1.82, 2.24) is 4.90 Å². The maximum atomic E-state index is 13.9. The molecule has 1 aromatic rings. The number of hydrogen-bond acceptors (Lipinski definition) is 1. The fourth-order valence-electron chi connectivity index (χ4n) is 2.62. The van der Waals surface area contributed by atoms with Crippen LogP contribution in [-0.4, -0.2) is 23.3 Å². The molecule has 1 aliphatic rings. The Hall–Kier alpha value is -0.000000000000000111. The predicted molar refractivity (Wildman–Crippen MR) is 80.5 cm³/mol. The van der Waals surface area contributed by atoms with E-state index in [9.17, 15) is 8.78 Å². The summed E-state index contributed by atoms with van der Waals surface area (Å²) in [5.41, 5.74) is 0.175. The quantitative estimate of drug-likeness (QED) is 0.525. The van der Waals surface area contributed by atoms with E-state index in [1.54, 1.807) is 0 Å². The number of rotatable bonds is 4. The number of nitrogens with zero attached hydrogens (tertiary/aromatic N) is 1. The van der Waals surface area contributed by atoms with Crippen LogP contribution in [0.2, 0.25) is 0 Å². The number of benzene rings is 1.